The van der Waals surface area contributed by atoms with Gasteiger partial charge in [0.25, 0.3) is 0 Å². The van der Waals surface area contributed by atoms with Gasteiger partial charge in [0, 0.05) is 25.0 Å². The van der Waals surface area contributed by atoms with Crippen molar-refractivity contribution in [3.8, 4) is 0 Å². The van der Waals surface area contributed by atoms with Gasteiger partial charge in [-0.3, -0.25) is 14.4 Å². The van der Waals surface area contributed by atoms with Crippen LogP contribution < -0.4 is 5.32 Å². The van der Waals surface area contributed by atoms with Crippen LogP contribution >= 0.6 is 11.8 Å². The first-order valence-electron chi connectivity index (χ1n) is 7.88. The van der Waals surface area contributed by atoms with Gasteiger partial charge in [-0.1, -0.05) is 30.3 Å². The zero-order valence-electron chi connectivity index (χ0n) is 13.6. The normalized spacial score (nSPS) is 18.7. The van der Waals surface area contributed by atoms with E-state index in [-0.39, 0.29) is 30.7 Å². The Labute approximate surface area is 145 Å². The van der Waals surface area contributed by atoms with Gasteiger partial charge in [0.1, 0.15) is 0 Å². The first kappa shape index (κ1) is 18.3. The molecule has 1 aromatic rings. The summed E-state index contributed by atoms with van der Waals surface area (Å²) in [6.45, 7) is 1.97. The summed E-state index contributed by atoms with van der Waals surface area (Å²) in [5, 5.41) is 11.9. The van der Waals surface area contributed by atoms with Crippen molar-refractivity contribution in [1.82, 2.24) is 10.2 Å². The highest BCUT2D eigenvalue weighted by Gasteiger charge is 2.30. The number of carboxylic acids is 1. The number of carbonyl (C=O) groups is 3. The Hall–Kier alpha value is -2.02. The number of carbonyl (C=O) groups excluding carboxylic acids is 2. The Bertz CT molecular complexity index is 594. The number of carboxylic acid groups (broad SMARTS) is 1. The second-order valence-corrected chi connectivity index (χ2v) is 6.93. The summed E-state index contributed by atoms with van der Waals surface area (Å²) in [4.78, 5) is 36.9. The summed E-state index contributed by atoms with van der Waals surface area (Å²) in [7, 11) is 0. The van der Waals surface area contributed by atoms with E-state index >= 15 is 0 Å². The van der Waals surface area contributed by atoms with E-state index in [1.807, 2.05) is 30.3 Å². The predicted molar refractivity (Wildman–Crippen MR) is 92.7 cm³/mol. The molecule has 0 aromatic heterocycles. The first-order valence-corrected chi connectivity index (χ1v) is 9.04. The SMILES string of the molecule is CC(=O)NC(CC(=O)N1CCSCC1CC(=O)O)c1ccccc1. The van der Waals surface area contributed by atoms with Gasteiger partial charge in [0.2, 0.25) is 11.8 Å². The topological polar surface area (TPSA) is 86.7 Å². The summed E-state index contributed by atoms with van der Waals surface area (Å²) < 4.78 is 0. The molecule has 7 heteroatoms. The van der Waals surface area contributed by atoms with E-state index < -0.39 is 12.0 Å². The fourth-order valence-electron chi connectivity index (χ4n) is 2.83. The third-order valence-corrected chi connectivity index (χ3v) is 5.01. The van der Waals surface area contributed by atoms with Gasteiger partial charge >= 0.3 is 5.97 Å². The molecule has 1 aromatic carbocycles. The molecule has 0 spiro atoms. The molecule has 0 aliphatic carbocycles. The molecule has 0 saturated carbocycles. The van der Waals surface area contributed by atoms with Crippen molar-refractivity contribution in [3.05, 3.63) is 35.9 Å². The fourth-order valence-corrected chi connectivity index (χ4v) is 3.89. The second kappa shape index (κ2) is 8.73. The monoisotopic (exact) mass is 350 g/mol. The lowest BCUT2D eigenvalue weighted by molar-refractivity contribution is -0.140. The average Bonchev–Trinajstić information content (AvgIpc) is 2.54. The van der Waals surface area contributed by atoms with Crippen LogP contribution in [0.3, 0.4) is 0 Å². The van der Waals surface area contributed by atoms with Crippen molar-refractivity contribution in [2.75, 3.05) is 18.1 Å². The number of nitrogens with zero attached hydrogens (tertiary/aromatic N) is 1. The summed E-state index contributed by atoms with van der Waals surface area (Å²) in [5.74, 6) is 0.213. The second-order valence-electron chi connectivity index (χ2n) is 5.78. The maximum Gasteiger partial charge on any atom is 0.305 e. The molecule has 6 nitrogen and oxygen atoms in total. The van der Waals surface area contributed by atoms with Crippen LogP contribution in [0.15, 0.2) is 30.3 Å². The molecular formula is C17H22N2O4S. The molecule has 130 valence electrons. The van der Waals surface area contributed by atoms with Crippen LogP contribution in [0.1, 0.15) is 31.4 Å². The lowest BCUT2D eigenvalue weighted by atomic mass is 10.0. The molecule has 2 rings (SSSR count). The molecule has 24 heavy (non-hydrogen) atoms. The standard InChI is InChI=1S/C17H22N2O4S/c1-12(20)18-15(13-5-3-2-4-6-13)10-16(21)19-7-8-24-11-14(19)9-17(22)23/h2-6,14-15H,7-11H2,1H3,(H,18,20)(H,22,23). The maximum absolute atomic E-state index is 12.7. The third kappa shape index (κ3) is 5.26. The van der Waals surface area contributed by atoms with E-state index in [0.29, 0.717) is 12.3 Å². The zero-order chi connectivity index (χ0) is 17.5. The maximum atomic E-state index is 12.7. The number of hydrogen-bond acceptors (Lipinski definition) is 4. The van der Waals surface area contributed by atoms with Crippen molar-refractivity contribution in [2.45, 2.75) is 31.8 Å². The zero-order valence-corrected chi connectivity index (χ0v) is 14.4. The summed E-state index contributed by atoms with van der Waals surface area (Å²) in [6, 6.07) is 8.64. The molecule has 1 aliphatic heterocycles. The summed E-state index contributed by atoms with van der Waals surface area (Å²) in [6.07, 6.45) is 0.0826. The Morgan fingerprint density at radius 2 is 2.04 bits per heavy atom. The fraction of sp³-hybridized carbons (Fsp3) is 0.471. The smallest absolute Gasteiger partial charge is 0.305 e. The first-order chi connectivity index (χ1) is 11.5. The van der Waals surface area contributed by atoms with Gasteiger partial charge in [-0.25, -0.2) is 0 Å². The van der Waals surface area contributed by atoms with Crippen molar-refractivity contribution in [1.29, 1.82) is 0 Å². The minimum absolute atomic E-state index is 0.0467. The van der Waals surface area contributed by atoms with Crippen LogP contribution in [-0.4, -0.2) is 51.9 Å². The molecule has 2 atom stereocenters. The van der Waals surface area contributed by atoms with Crippen LogP contribution in [0.4, 0.5) is 0 Å². The van der Waals surface area contributed by atoms with E-state index in [1.54, 1.807) is 16.7 Å². The number of benzene rings is 1. The van der Waals surface area contributed by atoms with E-state index in [0.717, 1.165) is 11.3 Å². The van der Waals surface area contributed by atoms with E-state index in [9.17, 15) is 14.4 Å². The third-order valence-electron chi connectivity index (χ3n) is 3.92. The van der Waals surface area contributed by atoms with E-state index in [1.165, 1.54) is 6.92 Å². The molecular weight excluding hydrogens is 328 g/mol. The minimum atomic E-state index is -0.901. The number of amides is 2. The van der Waals surface area contributed by atoms with Gasteiger partial charge in [-0.15, -0.1) is 0 Å². The van der Waals surface area contributed by atoms with Crippen LogP contribution in [0, 0.1) is 0 Å². The number of hydrogen-bond donors (Lipinski definition) is 2. The molecule has 1 heterocycles. The van der Waals surface area contributed by atoms with Gasteiger partial charge in [-0.2, -0.15) is 11.8 Å². The van der Waals surface area contributed by atoms with Crippen LogP contribution in [0.25, 0.3) is 0 Å². The molecule has 0 radical (unpaired) electrons. The highest BCUT2D eigenvalue weighted by atomic mass is 32.2. The van der Waals surface area contributed by atoms with Crippen molar-refractivity contribution in [2.24, 2.45) is 0 Å². The Kier molecular flexibility index (Phi) is 6.66. The Balaban J connectivity index is 2.10. The van der Waals surface area contributed by atoms with Crippen molar-refractivity contribution in [3.63, 3.8) is 0 Å². The van der Waals surface area contributed by atoms with Crippen LogP contribution in [0.2, 0.25) is 0 Å². The van der Waals surface area contributed by atoms with Crippen molar-refractivity contribution < 1.29 is 19.5 Å². The molecule has 1 saturated heterocycles. The highest BCUT2D eigenvalue weighted by Crippen LogP contribution is 2.23. The van der Waals surface area contributed by atoms with Gasteiger partial charge in [-0.05, 0) is 5.56 Å². The number of nitrogens with one attached hydrogen (secondary N) is 1. The minimum Gasteiger partial charge on any atom is -0.481 e. The molecule has 2 amide bonds. The van der Waals surface area contributed by atoms with Gasteiger partial charge in [0.15, 0.2) is 0 Å². The Morgan fingerprint density at radius 3 is 2.67 bits per heavy atom. The van der Waals surface area contributed by atoms with Crippen LogP contribution in [0.5, 0.6) is 0 Å². The molecule has 1 fully saturated rings. The largest absolute Gasteiger partial charge is 0.481 e. The molecule has 0 bridgehead atoms. The lowest BCUT2D eigenvalue weighted by Crippen LogP contribution is -2.48. The van der Waals surface area contributed by atoms with E-state index in [2.05, 4.69) is 5.32 Å². The van der Waals surface area contributed by atoms with Crippen molar-refractivity contribution >= 4 is 29.5 Å². The summed E-state index contributed by atoms with van der Waals surface area (Å²) in [5.41, 5.74) is 0.863. The summed E-state index contributed by atoms with van der Waals surface area (Å²) >= 11 is 1.67. The number of thioether (sulfide) groups is 1. The van der Waals surface area contributed by atoms with Gasteiger partial charge < -0.3 is 15.3 Å². The molecule has 2 N–H and O–H groups in total. The highest BCUT2D eigenvalue weighted by molar-refractivity contribution is 7.99. The average molecular weight is 350 g/mol. The molecule has 2 unspecified atom stereocenters. The lowest BCUT2D eigenvalue weighted by Gasteiger charge is -2.35. The number of aliphatic carboxylic acids is 1. The quantitative estimate of drug-likeness (QED) is 0.815. The van der Waals surface area contributed by atoms with Gasteiger partial charge in [0.05, 0.1) is 24.9 Å². The molecule has 1 aliphatic rings. The predicted octanol–water partition coefficient (Wildman–Crippen LogP) is 1.67. The Morgan fingerprint density at radius 1 is 1.33 bits per heavy atom. The van der Waals surface area contributed by atoms with E-state index in [4.69, 9.17) is 5.11 Å². The number of rotatable bonds is 6. The van der Waals surface area contributed by atoms with Crippen LogP contribution in [-0.2, 0) is 14.4 Å².